The number of hydrogen-bond acceptors (Lipinski definition) is 8. The molecule has 2 N–H and O–H groups in total. The number of imidazole rings is 1. The predicted octanol–water partition coefficient (Wildman–Crippen LogP) is 5.51. The number of fused-ring (bicyclic) bond motifs is 1. The van der Waals surface area contributed by atoms with Gasteiger partial charge in [0.15, 0.2) is 11.3 Å². The van der Waals surface area contributed by atoms with Gasteiger partial charge in [-0.1, -0.05) is 6.92 Å². The number of rotatable bonds is 9. The SMILES string of the molecule is CCCc1nc(C)c2c(=O)[nH]c(-c3cc(SNC4CCN(c5ccc(C#N)c(C(F)(F)F)c5)C4)ccc3OCC)nn12. The highest BCUT2D eigenvalue weighted by Crippen LogP contribution is 2.36. The van der Waals surface area contributed by atoms with Crippen LogP contribution in [0.25, 0.3) is 16.9 Å². The summed E-state index contributed by atoms with van der Waals surface area (Å²) in [4.78, 5) is 23.2. The van der Waals surface area contributed by atoms with Crippen LogP contribution in [0.15, 0.2) is 46.1 Å². The van der Waals surface area contributed by atoms with E-state index in [1.54, 1.807) is 23.6 Å². The predicted molar refractivity (Wildman–Crippen MR) is 155 cm³/mol. The second-order valence-electron chi connectivity index (χ2n) is 10.0. The lowest BCUT2D eigenvalue weighted by Gasteiger charge is -2.21. The lowest BCUT2D eigenvalue weighted by molar-refractivity contribution is -0.137. The molecule has 0 radical (unpaired) electrons. The molecule has 3 heterocycles. The Kier molecular flexibility index (Phi) is 8.47. The molecule has 1 saturated heterocycles. The Morgan fingerprint density at radius 1 is 1.24 bits per heavy atom. The van der Waals surface area contributed by atoms with Gasteiger partial charge in [-0.2, -0.15) is 18.4 Å². The second-order valence-corrected chi connectivity index (χ2v) is 10.9. The molecule has 0 spiro atoms. The Bertz CT molecular complexity index is 1710. The van der Waals surface area contributed by atoms with Crippen molar-refractivity contribution >= 4 is 23.2 Å². The zero-order valence-corrected chi connectivity index (χ0v) is 24.2. The summed E-state index contributed by atoms with van der Waals surface area (Å²) in [5.74, 6) is 1.66. The maximum Gasteiger partial charge on any atom is 0.417 e. The maximum absolute atomic E-state index is 13.5. The number of halogens is 3. The highest BCUT2D eigenvalue weighted by Gasteiger charge is 2.35. The topological polar surface area (TPSA) is 111 Å². The van der Waals surface area contributed by atoms with Crippen molar-refractivity contribution in [2.45, 2.75) is 57.1 Å². The summed E-state index contributed by atoms with van der Waals surface area (Å²) >= 11 is 1.39. The van der Waals surface area contributed by atoms with Crippen LogP contribution in [-0.4, -0.2) is 45.3 Å². The molecule has 1 fully saturated rings. The number of alkyl halides is 3. The van der Waals surface area contributed by atoms with Gasteiger partial charge >= 0.3 is 6.18 Å². The van der Waals surface area contributed by atoms with Gasteiger partial charge in [0.05, 0.1) is 35.1 Å². The van der Waals surface area contributed by atoms with Crippen LogP contribution in [0.5, 0.6) is 5.75 Å². The summed E-state index contributed by atoms with van der Waals surface area (Å²) in [6.07, 6.45) is -2.33. The van der Waals surface area contributed by atoms with Crippen LogP contribution >= 0.6 is 11.9 Å². The number of hydrogen-bond donors (Lipinski definition) is 2. The lowest BCUT2D eigenvalue weighted by atomic mass is 10.1. The van der Waals surface area contributed by atoms with Gasteiger partial charge in [0, 0.05) is 36.1 Å². The zero-order chi connectivity index (χ0) is 30.0. The molecule has 0 amide bonds. The van der Waals surface area contributed by atoms with E-state index in [4.69, 9.17) is 15.1 Å². The fourth-order valence-corrected chi connectivity index (χ4v) is 5.89. The van der Waals surface area contributed by atoms with Crippen molar-refractivity contribution in [2.75, 3.05) is 24.6 Å². The third-order valence-electron chi connectivity index (χ3n) is 7.05. The number of benzene rings is 2. The first-order valence-electron chi connectivity index (χ1n) is 13.7. The smallest absolute Gasteiger partial charge is 0.417 e. The third kappa shape index (κ3) is 5.96. The quantitative estimate of drug-likeness (QED) is 0.243. The first-order valence-corrected chi connectivity index (χ1v) is 14.5. The number of aryl methyl sites for hydroxylation is 2. The summed E-state index contributed by atoms with van der Waals surface area (Å²) < 4.78 is 51.2. The van der Waals surface area contributed by atoms with Crippen molar-refractivity contribution in [3.8, 4) is 23.2 Å². The molecule has 9 nitrogen and oxygen atoms in total. The molecule has 1 aliphatic rings. The van der Waals surface area contributed by atoms with Gasteiger partial charge in [-0.3, -0.25) is 9.52 Å². The van der Waals surface area contributed by atoms with Crippen molar-refractivity contribution in [1.29, 1.82) is 5.26 Å². The summed E-state index contributed by atoms with van der Waals surface area (Å²) in [6.45, 7) is 7.22. The zero-order valence-electron chi connectivity index (χ0n) is 23.4. The number of anilines is 1. The van der Waals surface area contributed by atoms with Gasteiger partial charge in [-0.05, 0) is 75.0 Å². The summed E-state index contributed by atoms with van der Waals surface area (Å²) in [5, 5.41) is 13.8. The fraction of sp³-hybridized carbons (Fsp3) is 0.379. The van der Waals surface area contributed by atoms with Crippen LogP contribution < -0.4 is 19.9 Å². The summed E-state index contributed by atoms with van der Waals surface area (Å²) in [5.41, 5.74) is 0.507. The molecule has 1 atom stereocenters. The van der Waals surface area contributed by atoms with Crippen LogP contribution in [0, 0.1) is 18.3 Å². The van der Waals surface area contributed by atoms with Crippen molar-refractivity contribution in [1.82, 2.24) is 24.3 Å². The molecule has 42 heavy (non-hydrogen) atoms. The van der Waals surface area contributed by atoms with Crippen molar-refractivity contribution in [3.63, 3.8) is 0 Å². The van der Waals surface area contributed by atoms with Crippen LogP contribution in [0.3, 0.4) is 0 Å². The molecule has 0 aliphatic carbocycles. The minimum atomic E-state index is -4.60. The van der Waals surface area contributed by atoms with E-state index in [1.165, 1.54) is 18.0 Å². The van der Waals surface area contributed by atoms with Gasteiger partial charge < -0.3 is 14.6 Å². The van der Waals surface area contributed by atoms with E-state index in [0.717, 1.165) is 29.6 Å². The lowest BCUT2D eigenvalue weighted by Crippen LogP contribution is -2.28. The molecule has 2 aromatic carbocycles. The average Bonchev–Trinajstić information content (AvgIpc) is 3.56. The van der Waals surface area contributed by atoms with E-state index in [9.17, 15) is 18.0 Å². The number of nitrogens with one attached hydrogen (secondary N) is 2. The molecule has 1 aliphatic heterocycles. The molecule has 4 aromatic rings. The van der Waals surface area contributed by atoms with Crippen molar-refractivity contribution in [2.24, 2.45) is 0 Å². The Morgan fingerprint density at radius 3 is 2.76 bits per heavy atom. The number of nitrogens with zero attached hydrogens (tertiary/aromatic N) is 5. The molecule has 0 saturated carbocycles. The van der Waals surface area contributed by atoms with E-state index >= 15 is 0 Å². The molecule has 2 aromatic heterocycles. The van der Waals surface area contributed by atoms with Crippen molar-refractivity contribution in [3.05, 3.63) is 69.4 Å². The summed E-state index contributed by atoms with van der Waals surface area (Å²) in [7, 11) is 0. The second kappa shape index (κ2) is 12.1. The number of aromatic amines is 1. The van der Waals surface area contributed by atoms with E-state index < -0.39 is 11.7 Å². The standard InChI is InChI=1S/C29H30F3N7O2S/c1-4-6-25-34-17(3)26-28(40)35-27(36-39(25)26)22-14-21(9-10-24(22)41-5-2)42-37-19-11-12-38(16-19)20-8-7-18(15-33)23(13-20)29(30,31)32/h7-10,13-14,19,37H,4-6,11-12,16H2,1-3H3,(H,35,36,40). The van der Waals surface area contributed by atoms with E-state index in [-0.39, 0.29) is 17.2 Å². The molecule has 1 unspecified atom stereocenters. The van der Waals surface area contributed by atoms with Crippen LogP contribution in [-0.2, 0) is 12.6 Å². The molecule has 13 heteroatoms. The molecular formula is C29H30F3N7O2S. The Balaban J connectivity index is 1.36. The summed E-state index contributed by atoms with van der Waals surface area (Å²) in [6, 6.07) is 11.1. The van der Waals surface area contributed by atoms with Gasteiger partial charge in [0.1, 0.15) is 11.6 Å². The molecule has 5 rings (SSSR count). The number of nitriles is 1. The number of H-pyrrole nitrogens is 1. The minimum Gasteiger partial charge on any atom is -0.493 e. The maximum atomic E-state index is 13.5. The molecule has 220 valence electrons. The number of aromatic nitrogens is 4. The third-order valence-corrected chi connectivity index (χ3v) is 7.99. The van der Waals surface area contributed by atoms with Crippen LogP contribution in [0.4, 0.5) is 18.9 Å². The normalized spacial score (nSPS) is 15.4. The van der Waals surface area contributed by atoms with Gasteiger partial charge in [0.25, 0.3) is 5.56 Å². The van der Waals surface area contributed by atoms with E-state index in [0.29, 0.717) is 60.2 Å². The van der Waals surface area contributed by atoms with Gasteiger partial charge in [-0.25, -0.2) is 9.50 Å². The molecular weight excluding hydrogens is 567 g/mol. The van der Waals surface area contributed by atoms with Crippen molar-refractivity contribution < 1.29 is 17.9 Å². The minimum absolute atomic E-state index is 0.00908. The first-order chi connectivity index (χ1) is 20.1. The Labute approximate surface area is 244 Å². The van der Waals surface area contributed by atoms with E-state index in [2.05, 4.69) is 14.7 Å². The monoisotopic (exact) mass is 597 g/mol. The average molecular weight is 598 g/mol. The van der Waals surface area contributed by atoms with Crippen LogP contribution in [0.1, 0.15) is 49.3 Å². The van der Waals surface area contributed by atoms with Gasteiger partial charge in [0.2, 0.25) is 0 Å². The fourth-order valence-electron chi connectivity index (χ4n) is 5.09. The highest BCUT2D eigenvalue weighted by atomic mass is 32.2. The highest BCUT2D eigenvalue weighted by molar-refractivity contribution is 7.97. The van der Waals surface area contributed by atoms with Crippen LogP contribution in [0.2, 0.25) is 0 Å². The van der Waals surface area contributed by atoms with Gasteiger partial charge in [-0.15, -0.1) is 5.10 Å². The Morgan fingerprint density at radius 2 is 2.05 bits per heavy atom. The molecule has 0 bridgehead atoms. The number of ether oxygens (including phenoxy) is 1. The Hall–Kier alpha value is -4.02. The largest absolute Gasteiger partial charge is 0.493 e. The van der Waals surface area contributed by atoms with E-state index in [1.807, 2.05) is 36.9 Å². The first kappa shape index (κ1) is 29.5.